The van der Waals surface area contributed by atoms with Crippen molar-refractivity contribution in [3.8, 4) is 11.5 Å². The largest absolute Gasteiger partial charge is 0.497 e. The SMILES string of the molecule is COc1cc(/C=C2/N=C(c3ccncc3)OC2=O)cc(OC)c1. The van der Waals surface area contributed by atoms with Gasteiger partial charge in [-0.15, -0.1) is 0 Å². The predicted octanol–water partition coefficient (Wildman–Crippen LogP) is 2.44. The van der Waals surface area contributed by atoms with Crippen molar-refractivity contribution in [3.05, 3.63) is 59.5 Å². The zero-order valence-corrected chi connectivity index (χ0v) is 12.6. The number of methoxy groups -OCH3 is 2. The summed E-state index contributed by atoms with van der Waals surface area (Å²) < 4.78 is 15.6. The van der Waals surface area contributed by atoms with Crippen molar-refractivity contribution < 1.29 is 19.0 Å². The normalized spacial score (nSPS) is 15.3. The van der Waals surface area contributed by atoms with Gasteiger partial charge in [-0.25, -0.2) is 9.79 Å². The molecule has 0 amide bonds. The third-order valence-corrected chi connectivity index (χ3v) is 3.22. The molecule has 6 nitrogen and oxygen atoms in total. The summed E-state index contributed by atoms with van der Waals surface area (Å²) in [6, 6.07) is 8.76. The number of aromatic nitrogens is 1. The van der Waals surface area contributed by atoms with Crippen LogP contribution in [0.5, 0.6) is 11.5 Å². The number of hydrogen-bond donors (Lipinski definition) is 0. The maximum Gasteiger partial charge on any atom is 0.363 e. The third kappa shape index (κ3) is 3.21. The van der Waals surface area contributed by atoms with Crippen LogP contribution in [0.4, 0.5) is 0 Å². The second kappa shape index (κ2) is 6.31. The molecule has 2 aromatic rings. The Morgan fingerprint density at radius 1 is 1.04 bits per heavy atom. The number of ether oxygens (including phenoxy) is 3. The number of aliphatic imine (C=N–C) groups is 1. The zero-order valence-electron chi connectivity index (χ0n) is 12.6. The zero-order chi connectivity index (χ0) is 16.2. The van der Waals surface area contributed by atoms with E-state index in [0.29, 0.717) is 17.1 Å². The summed E-state index contributed by atoms with van der Waals surface area (Å²) in [5, 5.41) is 0. The molecule has 0 unspecified atom stereocenters. The van der Waals surface area contributed by atoms with Crippen LogP contribution in [0.25, 0.3) is 6.08 Å². The molecule has 23 heavy (non-hydrogen) atoms. The van der Waals surface area contributed by atoms with Gasteiger partial charge in [0.25, 0.3) is 0 Å². The number of rotatable bonds is 4. The van der Waals surface area contributed by atoms with Gasteiger partial charge >= 0.3 is 5.97 Å². The molecule has 0 bridgehead atoms. The van der Waals surface area contributed by atoms with E-state index in [9.17, 15) is 4.79 Å². The van der Waals surface area contributed by atoms with Gasteiger partial charge in [-0.2, -0.15) is 0 Å². The number of carbonyl (C=O) groups excluding carboxylic acids is 1. The standard InChI is InChI=1S/C17H14N2O4/c1-21-13-7-11(8-14(10-13)22-2)9-15-17(20)23-16(19-15)12-3-5-18-6-4-12/h3-10H,1-2H3/b15-9+. The van der Waals surface area contributed by atoms with Crippen LogP contribution in [0.15, 0.2) is 53.4 Å². The summed E-state index contributed by atoms with van der Waals surface area (Å²) in [6.45, 7) is 0. The molecule has 3 rings (SSSR count). The van der Waals surface area contributed by atoms with Crippen molar-refractivity contribution in [3.63, 3.8) is 0 Å². The Labute approximate surface area is 133 Å². The second-order valence-electron chi connectivity index (χ2n) is 4.72. The van der Waals surface area contributed by atoms with Crippen LogP contribution in [0, 0.1) is 0 Å². The molecule has 0 spiro atoms. The van der Waals surface area contributed by atoms with Crippen LogP contribution in [-0.4, -0.2) is 31.1 Å². The van der Waals surface area contributed by atoms with Gasteiger partial charge in [-0.1, -0.05) is 0 Å². The molecule has 2 heterocycles. The van der Waals surface area contributed by atoms with Crippen LogP contribution in [0.3, 0.4) is 0 Å². The van der Waals surface area contributed by atoms with E-state index in [1.54, 1.807) is 63.0 Å². The summed E-state index contributed by atoms with van der Waals surface area (Å²) in [5.74, 6) is 1.01. The molecule has 0 saturated carbocycles. The van der Waals surface area contributed by atoms with Crippen LogP contribution in [-0.2, 0) is 9.53 Å². The van der Waals surface area contributed by atoms with E-state index in [2.05, 4.69) is 9.98 Å². The first-order valence-corrected chi connectivity index (χ1v) is 6.85. The molecule has 6 heteroatoms. The quantitative estimate of drug-likeness (QED) is 0.641. The molecular weight excluding hydrogens is 296 g/mol. The molecule has 0 atom stereocenters. The lowest BCUT2D eigenvalue weighted by atomic mass is 10.1. The van der Waals surface area contributed by atoms with Crippen molar-refractivity contribution in [2.75, 3.05) is 14.2 Å². The van der Waals surface area contributed by atoms with Crippen LogP contribution < -0.4 is 9.47 Å². The van der Waals surface area contributed by atoms with Gasteiger partial charge in [-0.3, -0.25) is 4.98 Å². The Morgan fingerprint density at radius 2 is 1.70 bits per heavy atom. The third-order valence-electron chi connectivity index (χ3n) is 3.22. The minimum Gasteiger partial charge on any atom is -0.497 e. The number of benzene rings is 1. The van der Waals surface area contributed by atoms with Gasteiger partial charge < -0.3 is 14.2 Å². The Bertz CT molecular complexity index is 775. The molecule has 1 aliphatic heterocycles. The molecule has 0 radical (unpaired) electrons. The number of hydrogen-bond acceptors (Lipinski definition) is 6. The Hall–Kier alpha value is -3.15. The van der Waals surface area contributed by atoms with Crippen molar-refractivity contribution in [1.29, 1.82) is 0 Å². The Morgan fingerprint density at radius 3 is 2.30 bits per heavy atom. The Kier molecular flexibility index (Phi) is 4.05. The highest BCUT2D eigenvalue weighted by Gasteiger charge is 2.24. The lowest BCUT2D eigenvalue weighted by Gasteiger charge is -2.05. The van der Waals surface area contributed by atoms with E-state index >= 15 is 0 Å². The number of nitrogens with zero attached hydrogens (tertiary/aromatic N) is 2. The lowest BCUT2D eigenvalue weighted by molar-refractivity contribution is -0.129. The number of cyclic esters (lactones) is 1. The van der Waals surface area contributed by atoms with E-state index in [4.69, 9.17) is 14.2 Å². The second-order valence-corrected chi connectivity index (χ2v) is 4.72. The van der Waals surface area contributed by atoms with E-state index in [1.165, 1.54) is 0 Å². The fourth-order valence-electron chi connectivity index (χ4n) is 2.10. The first-order chi connectivity index (χ1) is 11.2. The number of carbonyl (C=O) groups is 1. The first-order valence-electron chi connectivity index (χ1n) is 6.85. The average molecular weight is 310 g/mol. The van der Waals surface area contributed by atoms with Crippen LogP contribution >= 0.6 is 0 Å². The van der Waals surface area contributed by atoms with Gasteiger partial charge in [0, 0.05) is 24.0 Å². The van der Waals surface area contributed by atoms with Gasteiger partial charge in [0.1, 0.15) is 11.5 Å². The van der Waals surface area contributed by atoms with E-state index < -0.39 is 5.97 Å². The summed E-state index contributed by atoms with van der Waals surface area (Å²) in [4.78, 5) is 20.2. The molecule has 1 aliphatic rings. The number of pyridine rings is 1. The maximum absolute atomic E-state index is 12.0. The molecule has 116 valence electrons. The van der Waals surface area contributed by atoms with Crippen molar-refractivity contribution >= 4 is 17.9 Å². The predicted molar refractivity (Wildman–Crippen MR) is 84.4 cm³/mol. The lowest BCUT2D eigenvalue weighted by Crippen LogP contribution is -2.05. The Balaban J connectivity index is 1.96. The van der Waals surface area contributed by atoms with Gasteiger partial charge in [-0.05, 0) is 35.9 Å². The van der Waals surface area contributed by atoms with E-state index in [-0.39, 0.29) is 11.6 Å². The molecule has 0 aliphatic carbocycles. The van der Waals surface area contributed by atoms with Crippen LogP contribution in [0.2, 0.25) is 0 Å². The van der Waals surface area contributed by atoms with Crippen molar-refractivity contribution in [2.24, 2.45) is 4.99 Å². The topological polar surface area (TPSA) is 70.0 Å². The summed E-state index contributed by atoms with van der Waals surface area (Å²) >= 11 is 0. The average Bonchev–Trinajstić information content (AvgIpc) is 2.96. The van der Waals surface area contributed by atoms with E-state index in [1.807, 2.05) is 0 Å². The van der Waals surface area contributed by atoms with E-state index in [0.717, 1.165) is 5.56 Å². The maximum atomic E-state index is 12.0. The summed E-state index contributed by atoms with van der Waals surface area (Å²) in [7, 11) is 3.13. The molecule has 0 fully saturated rings. The molecule has 1 aromatic carbocycles. The minimum atomic E-state index is -0.501. The minimum absolute atomic E-state index is 0.215. The van der Waals surface area contributed by atoms with Crippen molar-refractivity contribution in [2.45, 2.75) is 0 Å². The van der Waals surface area contributed by atoms with Gasteiger partial charge in [0.15, 0.2) is 5.70 Å². The van der Waals surface area contributed by atoms with Crippen LogP contribution in [0.1, 0.15) is 11.1 Å². The fraction of sp³-hybridized carbons (Fsp3) is 0.118. The molecule has 0 N–H and O–H groups in total. The highest BCUT2D eigenvalue weighted by molar-refractivity contribution is 6.12. The monoisotopic (exact) mass is 310 g/mol. The van der Waals surface area contributed by atoms with Gasteiger partial charge in [0.2, 0.25) is 5.90 Å². The molecular formula is C17H14N2O4. The molecule has 1 aromatic heterocycles. The van der Waals surface area contributed by atoms with Gasteiger partial charge in [0.05, 0.1) is 14.2 Å². The fourth-order valence-corrected chi connectivity index (χ4v) is 2.10. The summed E-state index contributed by atoms with van der Waals surface area (Å²) in [6.07, 6.45) is 4.85. The first kappa shape index (κ1) is 14.8. The van der Waals surface area contributed by atoms with Crippen molar-refractivity contribution in [1.82, 2.24) is 4.98 Å². The highest BCUT2D eigenvalue weighted by atomic mass is 16.6. The highest BCUT2D eigenvalue weighted by Crippen LogP contribution is 2.26. The number of esters is 1. The molecule has 0 saturated heterocycles. The smallest absolute Gasteiger partial charge is 0.363 e. The summed E-state index contributed by atoms with van der Waals surface area (Å²) in [5.41, 5.74) is 1.64.